The van der Waals surface area contributed by atoms with Crippen LogP contribution in [0.1, 0.15) is 37.0 Å². The van der Waals surface area contributed by atoms with Crippen molar-refractivity contribution in [1.82, 2.24) is 14.8 Å². The van der Waals surface area contributed by atoms with Crippen LogP contribution in [0.5, 0.6) is 0 Å². The predicted octanol–water partition coefficient (Wildman–Crippen LogP) is 0.274. The summed E-state index contributed by atoms with van der Waals surface area (Å²) >= 11 is 0. The Morgan fingerprint density at radius 2 is 2.39 bits per heavy atom. The van der Waals surface area contributed by atoms with Crippen LogP contribution in [0, 0.1) is 6.92 Å². The van der Waals surface area contributed by atoms with Gasteiger partial charge in [-0.25, -0.2) is 4.79 Å². The zero-order valence-corrected chi connectivity index (χ0v) is 10.2. The highest BCUT2D eigenvalue weighted by molar-refractivity contribution is 5.71. The van der Waals surface area contributed by atoms with Crippen molar-refractivity contribution in [2.45, 2.75) is 44.9 Å². The summed E-state index contributed by atoms with van der Waals surface area (Å²) in [5, 5.41) is 26.0. The molecule has 1 aromatic heterocycles. The van der Waals surface area contributed by atoms with Crippen molar-refractivity contribution in [2.24, 2.45) is 0 Å². The lowest BCUT2D eigenvalue weighted by Gasteiger charge is -2.13. The van der Waals surface area contributed by atoms with Gasteiger partial charge < -0.3 is 19.5 Å². The van der Waals surface area contributed by atoms with Crippen molar-refractivity contribution in [1.29, 1.82) is 0 Å². The Labute approximate surface area is 104 Å². The van der Waals surface area contributed by atoms with Crippen LogP contribution in [0.15, 0.2) is 0 Å². The van der Waals surface area contributed by atoms with Crippen molar-refractivity contribution in [3.05, 3.63) is 11.6 Å². The summed E-state index contributed by atoms with van der Waals surface area (Å²) in [4.78, 5) is 10.6. The first kappa shape index (κ1) is 13.0. The number of hydrogen-bond acceptors (Lipinski definition) is 5. The van der Waals surface area contributed by atoms with E-state index in [4.69, 9.17) is 9.84 Å². The summed E-state index contributed by atoms with van der Waals surface area (Å²) in [6.07, 6.45) is 0.610. The Hall–Kier alpha value is -1.47. The predicted molar refractivity (Wildman–Crippen MR) is 60.9 cm³/mol. The molecular formula is C11H17N3O4. The molecule has 0 amide bonds. The van der Waals surface area contributed by atoms with Crippen molar-refractivity contribution in [3.8, 4) is 0 Å². The van der Waals surface area contributed by atoms with Gasteiger partial charge in [-0.1, -0.05) is 0 Å². The third kappa shape index (κ3) is 2.68. The summed E-state index contributed by atoms with van der Waals surface area (Å²) in [5.74, 6) is 0.222. The van der Waals surface area contributed by atoms with Gasteiger partial charge in [0.1, 0.15) is 11.9 Å². The zero-order chi connectivity index (χ0) is 13.1. The largest absolute Gasteiger partial charge is 0.479 e. The van der Waals surface area contributed by atoms with Crippen LogP contribution in [0.3, 0.4) is 0 Å². The Bertz CT molecular complexity index is 426. The summed E-state index contributed by atoms with van der Waals surface area (Å²) in [6.45, 7) is 2.90. The fourth-order valence-electron chi connectivity index (χ4n) is 2.07. The standard InChI is InChI=1S/C11H17N3O4/c1-7-12-13-10(9-3-2-6-18-9)14(7)5-4-8(15)11(16)17/h8-9,15H,2-6H2,1H3,(H,16,17). The second kappa shape index (κ2) is 5.45. The first-order chi connectivity index (χ1) is 8.59. The highest BCUT2D eigenvalue weighted by atomic mass is 16.5. The van der Waals surface area contributed by atoms with Gasteiger partial charge in [-0.2, -0.15) is 0 Å². The Balaban J connectivity index is 2.06. The normalized spacial score (nSPS) is 21.1. The number of aliphatic carboxylic acids is 1. The van der Waals surface area contributed by atoms with E-state index in [0.717, 1.165) is 18.7 Å². The van der Waals surface area contributed by atoms with Crippen molar-refractivity contribution in [3.63, 3.8) is 0 Å². The van der Waals surface area contributed by atoms with E-state index in [1.165, 1.54) is 0 Å². The lowest BCUT2D eigenvalue weighted by atomic mass is 10.2. The minimum Gasteiger partial charge on any atom is -0.479 e. The Kier molecular flexibility index (Phi) is 3.93. The topological polar surface area (TPSA) is 97.5 Å². The number of aryl methyl sites for hydroxylation is 1. The van der Waals surface area contributed by atoms with Crippen LogP contribution in [-0.4, -0.2) is 43.7 Å². The highest BCUT2D eigenvalue weighted by Gasteiger charge is 2.25. The van der Waals surface area contributed by atoms with E-state index in [9.17, 15) is 9.90 Å². The maximum absolute atomic E-state index is 10.6. The third-order valence-electron chi connectivity index (χ3n) is 3.09. The fourth-order valence-corrected chi connectivity index (χ4v) is 2.07. The molecule has 0 radical (unpaired) electrons. The Morgan fingerprint density at radius 3 is 3.00 bits per heavy atom. The van der Waals surface area contributed by atoms with Gasteiger partial charge in [-0.3, -0.25) is 0 Å². The van der Waals surface area contributed by atoms with Gasteiger partial charge in [0.2, 0.25) is 0 Å². The second-order valence-corrected chi connectivity index (χ2v) is 4.40. The van der Waals surface area contributed by atoms with Gasteiger partial charge >= 0.3 is 5.97 Å². The molecule has 0 spiro atoms. The maximum atomic E-state index is 10.6. The molecule has 1 aromatic rings. The van der Waals surface area contributed by atoms with Gasteiger partial charge in [-0.15, -0.1) is 10.2 Å². The quantitative estimate of drug-likeness (QED) is 0.784. The minimum atomic E-state index is -1.36. The van der Waals surface area contributed by atoms with E-state index in [1.54, 1.807) is 6.92 Å². The molecule has 0 aliphatic carbocycles. The number of carboxylic acid groups (broad SMARTS) is 1. The molecule has 1 aliphatic heterocycles. The van der Waals surface area contributed by atoms with Gasteiger partial charge in [-0.05, 0) is 19.8 Å². The number of aliphatic hydroxyl groups excluding tert-OH is 1. The number of aliphatic hydroxyl groups is 1. The second-order valence-electron chi connectivity index (χ2n) is 4.40. The molecule has 7 nitrogen and oxygen atoms in total. The van der Waals surface area contributed by atoms with Crippen LogP contribution in [0.25, 0.3) is 0 Å². The average Bonchev–Trinajstić information content (AvgIpc) is 2.95. The summed E-state index contributed by atoms with van der Waals surface area (Å²) < 4.78 is 7.37. The number of carbonyl (C=O) groups is 1. The van der Waals surface area contributed by atoms with E-state index in [2.05, 4.69) is 10.2 Å². The fraction of sp³-hybridized carbons (Fsp3) is 0.727. The van der Waals surface area contributed by atoms with E-state index in [1.807, 2.05) is 4.57 Å². The van der Waals surface area contributed by atoms with Crippen molar-refractivity contribution in [2.75, 3.05) is 6.61 Å². The molecule has 2 rings (SSSR count). The molecule has 2 heterocycles. The molecule has 1 aliphatic rings. The molecule has 7 heteroatoms. The molecule has 1 saturated heterocycles. The molecule has 18 heavy (non-hydrogen) atoms. The van der Waals surface area contributed by atoms with Crippen molar-refractivity contribution < 1.29 is 19.7 Å². The lowest BCUT2D eigenvalue weighted by Crippen LogP contribution is -2.22. The summed E-state index contributed by atoms with van der Waals surface area (Å²) in [5.41, 5.74) is 0. The van der Waals surface area contributed by atoms with Gasteiger partial charge in [0.15, 0.2) is 11.9 Å². The average molecular weight is 255 g/mol. The number of aromatic nitrogens is 3. The van der Waals surface area contributed by atoms with E-state index < -0.39 is 12.1 Å². The number of hydrogen-bond donors (Lipinski definition) is 2. The summed E-state index contributed by atoms with van der Waals surface area (Å²) in [6, 6.07) is 0. The van der Waals surface area contributed by atoms with Crippen LogP contribution in [-0.2, 0) is 16.1 Å². The molecule has 2 atom stereocenters. The number of carboxylic acids is 1. The molecule has 100 valence electrons. The van der Waals surface area contributed by atoms with Gasteiger partial charge in [0.05, 0.1) is 0 Å². The SMILES string of the molecule is Cc1nnc(C2CCCO2)n1CCC(O)C(=O)O. The maximum Gasteiger partial charge on any atom is 0.332 e. The van der Waals surface area contributed by atoms with Crippen LogP contribution < -0.4 is 0 Å². The van der Waals surface area contributed by atoms with Crippen LogP contribution in [0.2, 0.25) is 0 Å². The first-order valence-electron chi connectivity index (χ1n) is 6.01. The van der Waals surface area contributed by atoms with Gasteiger partial charge in [0, 0.05) is 19.6 Å². The van der Waals surface area contributed by atoms with Crippen LogP contribution >= 0.6 is 0 Å². The number of nitrogens with zero attached hydrogens (tertiary/aromatic N) is 3. The number of ether oxygens (including phenoxy) is 1. The highest BCUT2D eigenvalue weighted by Crippen LogP contribution is 2.27. The molecule has 2 unspecified atom stereocenters. The third-order valence-corrected chi connectivity index (χ3v) is 3.09. The zero-order valence-electron chi connectivity index (χ0n) is 10.2. The molecule has 0 aromatic carbocycles. The Morgan fingerprint density at radius 1 is 1.61 bits per heavy atom. The molecule has 2 N–H and O–H groups in total. The minimum absolute atomic E-state index is 0.0619. The van der Waals surface area contributed by atoms with E-state index in [-0.39, 0.29) is 12.5 Å². The lowest BCUT2D eigenvalue weighted by molar-refractivity contribution is -0.147. The molecular weight excluding hydrogens is 238 g/mol. The van der Waals surface area contributed by atoms with Crippen LogP contribution in [0.4, 0.5) is 0 Å². The molecule has 1 fully saturated rings. The smallest absolute Gasteiger partial charge is 0.332 e. The summed E-state index contributed by atoms with van der Waals surface area (Å²) in [7, 11) is 0. The van der Waals surface area contributed by atoms with E-state index in [0.29, 0.717) is 19.0 Å². The van der Waals surface area contributed by atoms with Crippen molar-refractivity contribution >= 4 is 5.97 Å². The number of rotatable bonds is 5. The molecule has 0 saturated carbocycles. The molecule has 0 bridgehead atoms. The van der Waals surface area contributed by atoms with Gasteiger partial charge in [0.25, 0.3) is 0 Å². The monoisotopic (exact) mass is 255 g/mol. The first-order valence-corrected chi connectivity index (χ1v) is 6.01. The van der Waals surface area contributed by atoms with E-state index >= 15 is 0 Å².